The molecule has 144 valence electrons. The summed E-state index contributed by atoms with van der Waals surface area (Å²) in [7, 11) is 0. The van der Waals surface area contributed by atoms with E-state index in [4.69, 9.17) is 4.52 Å². The third-order valence-corrected chi connectivity index (χ3v) is 4.74. The van der Waals surface area contributed by atoms with Crippen molar-refractivity contribution in [2.45, 2.75) is 57.9 Å². The van der Waals surface area contributed by atoms with Gasteiger partial charge < -0.3 is 15.2 Å². The fourth-order valence-corrected chi connectivity index (χ4v) is 3.05. The predicted octanol–water partition coefficient (Wildman–Crippen LogP) is 2.58. The van der Waals surface area contributed by atoms with E-state index in [1.165, 1.54) is 5.56 Å². The van der Waals surface area contributed by atoms with Gasteiger partial charge in [-0.1, -0.05) is 43.3 Å². The summed E-state index contributed by atoms with van der Waals surface area (Å²) >= 11 is 0. The molecule has 0 spiro atoms. The summed E-state index contributed by atoms with van der Waals surface area (Å²) in [6.45, 7) is 4.96. The number of rotatable bonds is 6. The van der Waals surface area contributed by atoms with E-state index in [1.807, 2.05) is 12.1 Å². The second-order valence-electron chi connectivity index (χ2n) is 7.20. The van der Waals surface area contributed by atoms with Crippen molar-refractivity contribution in [1.82, 2.24) is 20.8 Å². The fraction of sp³-hybridized carbons (Fsp3) is 0.500. The topological polar surface area (TPSA) is 97.1 Å². The van der Waals surface area contributed by atoms with Crippen LogP contribution in [0.3, 0.4) is 0 Å². The van der Waals surface area contributed by atoms with Crippen molar-refractivity contribution < 1.29 is 14.1 Å². The molecule has 0 saturated carbocycles. The lowest BCUT2D eigenvalue weighted by Gasteiger charge is -2.14. The van der Waals surface area contributed by atoms with Gasteiger partial charge in [0.15, 0.2) is 0 Å². The number of amides is 2. The van der Waals surface area contributed by atoms with Crippen molar-refractivity contribution in [1.29, 1.82) is 0 Å². The second-order valence-corrected chi connectivity index (χ2v) is 7.20. The van der Waals surface area contributed by atoms with E-state index < -0.39 is 6.04 Å². The third kappa shape index (κ3) is 5.15. The Balaban J connectivity index is 1.53. The van der Waals surface area contributed by atoms with E-state index in [0.717, 1.165) is 18.4 Å². The number of aryl methyl sites for hydroxylation is 1. The van der Waals surface area contributed by atoms with Crippen LogP contribution in [0.4, 0.5) is 0 Å². The van der Waals surface area contributed by atoms with Crippen LogP contribution >= 0.6 is 0 Å². The lowest BCUT2D eigenvalue weighted by atomic mass is 10.0. The summed E-state index contributed by atoms with van der Waals surface area (Å²) in [5.74, 6) is 1.11. The number of benzene rings is 1. The summed E-state index contributed by atoms with van der Waals surface area (Å²) < 4.78 is 5.26. The Labute approximate surface area is 158 Å². The number of carbonyl (C=O) groups is 2. The summed E-state index contributed by atoms with van der Waals surface area (Å²) in [4.78, 5) is 28.4. The lowest BCUT2D eigenvalue weighted by Crippen LogP contribution is -2.45. The highest BCUT2D eigenvalue weighted by atomic mass is 16.5. The van der Waals surface area contributed by atoms with Crippen molar-refractivity contribution in [3.8, 4) is 11.4 Å². The van der Waals surface area contributed by atoms with Gasteiger partial charge in [-0.15, -0.1) is 0 Å². The molecule has 1 aromatic carbocycles. The molecule has 1 aliphatic heterocycles. The molecule has 3 rings (SSSR count). The molecule has 0 aliphatic carbocycles. The molecule has 7 heteroatoms. The van der Waals surface area contributed by atoms with Crippen molar-refractivity contribution in [2.75, 3.05) is 6.54 Å². The van der Waals surface area contributed by atoms with Crippen molar-refractivity contribution in [3.05, 3.63) is 35.7 Å². The molecule has 0 bridgehead atoms. The Hall–Kier alpha value is -2.70. The Morgan fingerprint density at radius 1 is 1.30 bits per heavy atom. The standard InChI is InChI=1S/C20H26N4O3/c1-13(2)14-6-8-15(9-7-14)19-23-18(27-24-19)11-10-17(25)22-16-5-3-4-12-21-20(16)26/h6-9,13,16H,3-5,10-12H2,1-2H3,(H,21,26)(H,22,25). The molecule has 1 fully saturated rings. The number of hydrogen-bond acceptors (Lipinski definition) is 5. The molecule has 2 aromatic rings. The van der Waals surface area contributed by atoms with Gasteiger partial charge in [0.25, 0.3) is 0 Å². The van der Waals surface area contributed by atoms with Crippen LogP contribution in [-0.2, 0) is 16.0 Å². The Kier molecular flexibility index (Phi) is 6.21. The minimum Gasteiger partial charge on any atom is -0.354 e. The first-order chi connectivity index (χ1) is 13.0. The van der Waals surface area contributed by atoms with Crippen molar-refractivity contribution >= 4 is 11.8 Å². The smallest absolute Gasteiger partial charge is 0.242 e. The van der Waals surface area contributed by atoms with E-state index in [0.29, 0.717) is 37.0 Å². The van der Waals surface area contributed by atoms with Gasteiger partial charge in [-0.2, -0.15) is 4.98 Å². The van der Waals surface area contributed by atoms with E-state index in [9.17, 15) is 9.59 Å². The maximum absolute atomic E-state index is 12.1. The molecule has 0 radical (unpaired) electrons. The SMILES string of the molecule is CC(C)c1ccc(-c2noc(CCC(=O)NC3CCCCNC3=O)n2)cc1. The largest absolute Gasteiger partial charge is 0.354 e. The highest BCUT2D eigenvalue weighted by Gasteiger charge is 2.22. The van der Waals surface area contributed by atoms with Crippen molar-refractivity contribution in [3.63, 3.8) is 0 Å². The van der Waals surface area contributed by atoms with E-state index >= 15 is 0 Å². The first kappa shape index (κ1) is 19.1. The van der Waals surface area contributed by atoms with Crippen LogP contribution in [0.2, 0.25) is 0 Å². The first-order valence-electron chi connectivity index (χ1n) is 9.53. The number of aromatic nitrogens is 2. The van der Waals surface area contributed by atoms with E-state index in [-0.39, 0.29) is 18.2 Å². The number of nitrogens with zero attached hydrogens (tertiary/aromatic N) is 2. The molecule has 1 unspecified atom stereocenters. The minimum atomic E-state index is -0.447. The molecule has 7 nitrogen and oxygen atoms in total. The fourth-order valence-electron chi connectivity index (χ4n) is 3.05. The monoisotopic (exact) mass is 370 g/mol. The van der Waals surface area contributed by atoms with Crippen LogP contribution < -0.4 is 10.6 Å². The highest BCUT2D eigenvalue weighted by Crippen LogP contribution is 2.20. The summed E-state index contributed by atoms with van der Waals surface area (Å²) in [6, 6.07) is 7.61. The predicted molar refractivity (Wildman–Crippen MR) is 101 cm³/mol. The normalized spacial score (nSPS) is 17.4. The Morgan fingerprint density at radius 2 is 2.07 bits per heavy atom. The van der Waals surface area contributed by atoms with Gasteiger partial charge in [-0.3, -0.25) is 9.59 Å². The van der Waals surface area contributed by atoms with E-state index in [2.05, 4.69) is 46.8 Å². The maximum Gasteiger partial charge on any atom is 0.242 e. The molecular weight excluding hydrogens is 344 g/mol. The quantitative estimate of drug-likeness (QED) is 0.814. The molecule has 1 saturated heterocycles. The zero-order chi connectivity index (χ0) is 19.2. The van der Waals surface area contributed by atoms with Gasteiger partial charge >= 0.3 is 0 Å². The van der Waals surface area contributed by atoms with Gasteiger partial charge in [-0.25, -0.2) is 0 Å². The van der Waals surface area contributed by atoms with Gasteiger partial charge in [0.05, 0.1) is 0 Å². The minimum absolute atomic E-state index is 0.106. The highest BCUT2D eigenvalue weighted by molar-refractivity contribution is 5.87. The summed E-state index contributed by atoms with van der Waals surface area (Å²) in [6.07, 6.45) is 3.09. The molecular formula is C20H26N4O3. The van der Waals surface area contributed by atoms with Crippen LogP contribution in [0.1, 0.15) is 56.9 Å². The summed E-state index contributed by atoms with van der Waals surface area (Å²) in [5.41, 5.74) is 2.13. The van der Waals surface area contributed by atoms with Gasteiger partial charge in [0.2, 0.25) is 23.5 Å². The van der Waals surface area contributed by atoms with E-state index in [1.54, 1.807) is 0 Å². The van der Waals surface area contributed by atoms with Crippen LogP contribution in [-0.4, -0.2) is 34.5 Å². The zero-order valence-corrected chi connectivity index (χ0v) is 15.8. The average Bonchev–Trinajstić information content (AvgIpc) is 3.05. The maximum atomic E-state index is 12.1. The number of nitrogens with one attached hydrogen (secondary N) is 2. The van der Waals surface area contributed by atoms with Gasteiger partial charge in [0.1, 0.15) is 6.04 Å². The molecule has 1 aromatic heterocycles. The third-order valence-electron chi connectivity index (χ3n) is 4.74. The van der Waals surface area contributed by atoms with Crippen LogP contribution in [0.25, 0.3) is 11.4 Å². The second kappa shape index (κ2) is 8.79. The summed E-state index contributed by atoms with van der Waals surface area (Å²) in [5, 5.41) is 9.60. The molecule has 2 heterocycles. The molecule has 2 amide bonds. The average molecular weight is 370 g/mol. The van der Waals surface area contributed by atoms with Gasteiger partial charge in [-0.05, 0) is 30.7 Å². The molecule has 27 heavy (non-hydrogen) atoms. The van der Waals surface area contributed by atoms with Crippen molar-refractivity contribution in [2.24, 2.45) is 0 Å². The van der Waals surface area contributed by atoms with Crippen LogP contribution in [0.15, 0.2) is 28.8 Å². The zero-order valence-electron chi connectivity index (χ0n) is 15.8. The molecule has 1 atom stereocenters. The lowest BCUT2D eigenvalue weighted by molar-refractivity contribution is -0.128. The number of carbonyl (C=O) groups excluding carboxylic acids is 2. The Bertz CT molecular complexity index is 783. The van der Waals surface area contributed by atoms with Crippen LogP contribution in [0.5, 0.6) is 0 Å². The van der Waals surface area contributed by atoms with Crippen LogP contribution in [0, 0.1) is 0 Å². The first-order valence-corrected chi connectivity index (χ1v) is 9.53. The number of hydrogen-bond donors (Lipinski definition) is 2. The van der Waals surface area contributed by atoms with Gasteiger partial charge in [0, 0.05) is 24.9 Å². The Morgan fingerprint density at radius 3 is 2.81 bits per heavy atom. The molecule has 2 N–H and O–H groups in total. The molecule has 1 aliphatic rings.